The van der Waals surface area contributed by atoms with Gasteiger partial charge in [0, 0.05) is 0 Å². The van der Waals surface area contributed by atoms with Crippen molar-refractivity contribution in [3.8, 4) is 0 Å². The van der Waals surface area contributed by atoms with Crippen molar-refractivity contribution in [1.29, 1.82) is 0 Å². The molecule has 0 nitrogen and oxygen atoms in total. The molecule has 0 N–H and O–H groups in total. The van der Waals surface area contributed by atoms with E-state index in [-0.39, 0.29) is 0 Å². The minimum absolute atomic E-state index is 0.899. The first-order valence-electron chi connectivity index (χ1n) is 6.36. The lowest BCUT2D eigenvalue weighted by molar-refractivity contribution is 0.168. The van der Waals surface area contributed by atoms with Gasteiger partial charge in [0.1, 0.15) is 0 Å². The van der Waals surface area contributed by atoms with Crippen molar-refractivity contribution in [2.45, 2.75) is 58.8 Å². The molecule has 1 fully saturated rings. The SMILES string of the molecule is CC(C)C1CCCCC1CCCCS. The Bertz CT molecular complexity index is 142. The van der Waals surface area contributed by atoms with Crippen LogP contribution in [-0.4, -0.2) is 5.75 Å². The Morgan fingerprint density at radius 2 is 1.86 bits per heavy atom. The highest BCUT2D eigenvalue weighted by atomic mass is 32.1. The van der Waals surface area contributed by atoms with Gasteiger partial charge >= 0.3 is 0 Å². The highest BCUT2D eigenvalue weighted by molar-refractivity contribution is 7.80. The molecule has 0 aromatic rings. The average Bonchev–Trinajstić information content (AvgIpc) is 2.19. The average molecular weight is 214 g/mol. The third kappa shape index (κ3) is 3.84. The van der Waals surface area contributed by atoms with Gasteiger partial charge in [-0.1, -0.05) is 46.0 Å². The van der Waals surface area contributed by atoms with Crippen LogP contribution in [0.4, 0.5) is 0 Å². The van der Waals surface area contributed by atoms with Gasteiger partial charge in [-0.2, -0.15) is 12.6 Å². The minimum Gasteiger partial charge on any atom is -0.179 e. The van der Waals surface area contributed by atoms with Crippen molar-refractivity contribution in [1.82, 2.24) is 0 Å². The molecule has 0 bridgehead atoms. The molecule has 0 amide bonds. The van der Waals surface area contributed by atoms with E-state index < -0.39 is 0 Å². The Morgan fingerprint density at radius 1 is 1.14 bits per heavy atom. The molecule has 0 aromatic heterocycles. The molecule has 14 heavy (non-hydrogen) atoms. The lowest BCUT2D eigenvalue weighted by Crippen LogP contribution is -2.24. The van der Waals surface area contributed by atoms with E-state index in [1.54, 1.807) is 0 Å². The van der Waals surface area contributed by atoms with Crippen LogP contribution in [0.5, 0.6) is 0 Å². The fourth-order valence-electron chi connectivity index (χ4n) is 2.99. The summed E-state index contributed by atoms with van der Waals surface area (Å²) in [6.45, 7) is 4.81. The number of rotatable bonds is 5. The summed E-state index contributed by atoms with van der Waals surface area (Å²) in [5.41, 5.74) is 0. The third-order valence-electron chi connectivity index (χ3n) is 3.81. The molecule has 2 atom stereocenters. The summed E-state index contributed by atoms with van der Waals surface area (Å²) in [5.74, 6) is 4.02. The second-order valence-electron chi connectivity index (χ2n) is 5.17. The molecule has 0 spiro atoms. The topological polar surface area (TPSA) is 0 Å². The van der Waals surface area contributed by atoms with Gasteiger partial charge < -0.3 is 0 Å². The first-order valence-corrected chi connectivity index (χ1v) is 6.99. The van der Waals surface area contributed by atoms with Crippen molar-refractivity contribution in [2.75, 3.05) is 5.75 Å². The van der Waals surface area contributed by atoms with Gasteiger partial charge in [0.05, 0.1) is 0 Å². The molecule has 2 unspecified atom stereocenters. The second-order valence-corrected chi connectivity index (χ2v) is 5.62. The molecule has 0 heterocycles. The molecule has 0 radical (unpaired) electrons. The molecule has 1 rings (SSSR count). The number of hydrogen-bond acceptors (Lipinski definition) is 1. The zero-order chi connectivity index (χ0) is 10.4. The maximum Gasteiger partial charge on any atom is -0.00979 e. The second kappa shape index (κ2) is 6.76. The van der Waals surface area contributed by atoms with E-state index >= 15 is 0 Å². The summed E-state index contributed by atoms with van der Waals surface area (Å²) >= 11 is 4.28. The van der Waals surface area contributed by atoms with Gasteiger partial charge in [0.2, 0.25) is 0 Å². The molecule has 1 heteroatoms. The van der Waals surface area contributed by atoms with Crippen molar-refractivity contribution >= 4 is 12.6 Å². The zero-order valence-electron chi connectivity index (χ0n) is 9.84. The van der Waals surface area contributed by atoms with Crippen LogP contribution in [0.1, 0.15) is 58.8 Å². The van der Waals surface area contributed by atoms with E-state index in [9.17, 15) is 0 Å². The van der Waals surface area contributed by atoms with Crippen LogP contribution >= 0.6 is 12.6 Å². The largest absolute Gasteiger partial charge is 0.179 e. The molecular weight excluding hydrogens is 188 g/mol. The van der Waals surface area contributed by atoms with E-state index in [0.717, 1.165) is 23.5 Å². The molecule has 1 saturated carbocycles. The van der Waals surface area contributed by atoms with Gasteiger partial charge in [-0.3, -0.25) is 0 Å². The van der Waals surface area contributed by atoms with Gasteiger partial charge in [-0.05, 0) is 36.3 Å². The van der Waals surface area contributed by atoms with Gasteiger partial charge in [0.25, 0.3) is 0 Å². The van der Waals surface area contributed by atoms with Crippen LogP contribution in [0.2, 0.25) is 0 Å². The standard InChI is InChI=1S/C13H26S/c1-11(2)13-9-4-3-7-12(13)8-5-6-10-14/h11-14H,3-10H2,1-2H3. The molecule has 1 aliphatic rings. The van der Waals surface area contributed by atoms with Gasteiger partial charge in [-0.15, -0.1) is 0 Å². The Hall–Kier alpha value is 0.350. The lowest BCUT2D eigenvalue weighted by Gasteiger charge is -2.34. The highest BCUT2D eigenvalue weighted by Gasteiger charge is 2.26. The fourth-order valence-corrected chi connectivity index (χ4v) is 3.21. The summed E-state index contributed by atoms with van der Waals surface area (Å²) in [6, 6.07) is 0. The Labute approximate surface area is 95.3 Å². The maximum atomic E-state index is 4.28. The zero-order valence-corrected chi connectivity index (χ0v) is 10.7. The lowest BCUT2D eigenvalue weighted by atomic mass is 9.72. The van der Waals surface area contributed by atoms with Crippen molar-refractivity contribution in [3.05, 3.63) is 0 Å². The summed E-state index contributed by atoms with van der Waals surface area (Å²) < 4.78 is 0. The summed E-state index contributed by atoms with van der Waals surface area (Å²) in [7, 11) is 0. The van der Waals surface area contributed by atoms with Crippen LogP contribution in [0.25, 0.3) is 0 Å². The molecule has 1 aliphatic carbocycles. The normalized spacial score (nSPS) is 28.3. The number of thiol groups is 1. The minimum atomic E-state index is 0.899. The summed E-state index contributed by atoms with van der Waals surface area (Å²) in [4.78, 5) is 0. The van der Waals surface area contributed by atoms with Crippen molar-refractivity contribution < 1.29 is 0 Å². The highest BCUT2D eigenvalue weighted by Crippen LogP contribution is 2.37. The van der Waals surface area contributed by atoms with Crippen LogP contribution in [0.15, 0.2) is 0 Å². The first kappa shape index (κ1) is 12.4. The summed E-state index contributed by atoms with van der Waals surface area (Å²) in [6.07, 6.45) is 10.1. The molecule has 0 aromatic carbocycles. The van der Waals surface area contributed by atoms with Crippen LogP contribution < -0.4 is 0 Å². The Morgan fingerprint density at radius 3 is 2.50 bits per heavy atom. The van der Waals surface area contributed by atoms with Gasteiger partial charge in [0.15, 0.2) is 0 Å². The fraction of sp³-hybridized carbons (Fsp3) is 1.00. The first-order chi connectivity index (χ1) is 6.75. The van der Waals surface area contributed by atoms with Crippen LogP contribution in [0.3, 0.4) is 0 Å². The van der Waals surface area contributed by atoms with Crippen LogP contribution in [0, 0.1) is 17.8 Å². The quantitative estimate of drug-likeness (QED) is 0.504. The predicted octanol–water partition coefficient (Wildman–Crippen LogP) is 4.55. The smallest absolute Gasteiger partial charge is 0.00979 e. The molecule has 0 saturated heterocycles. The molecule has 84 valence electrons. The van der Waals surface area contributed by atoms with E-state index in [1.807, 2.05) is 0 Å². The van der Waals surface area contributed by atoms with Crippen molar-refractivity contribution in [3.63, 3.8) is 0 Å². The van der Waals surface area contributed by atoms with Crippen LogP contribution in [-0.2, 0) is 0 Å². The predicted molar refractivity (Wildman–Crippen MR) is 68.0 cm³/mol. The molecular formula is C13H26S. The Balaban J connectivity index is 2.30. The van der Waals surface area contributed by atoms with Gasteiger partial charge in [-0.25, -0.2) is 0 Å². The Kier molecular flexibility index (Phi) is 6.00. The maximum absolute atomic E-state index is 4.28. The number of unbranched alkanes of at least 4 members (excludes halogenated alkanes) is 1. The number of hydrogen-bond donors (Lipinski definition) is 1. The monoisotopic (exact) mass is 214 g/mol. The molecule has 0 aliphatic heterocycles. The van der Waals surface area contributed by atoms with Crippen molar-refractivity contribution in [2.24, 2.45) is 17.8 Å². The van der Waals surface area contributed by atoms with E-state index in [1.165, 1.54) is 44.9 Å². The third-order valence-corrected chi connectivity index (χ3v) is 4.12. The van der Waals surface area contributed by atoms with E-state index in [0.29, 0.717) is 0 Å². The van der Waals surface area contributed by atoms with E-state index in [4.69, 9.17) is 0 Å². The van der Waals surface area contributed by atoms with E-state index in [2.05, 4.69) is 26.5 Å². The summed E-state index contributed by atoms with van der Waals surface area (Å²) in [5, 5.41) is 0.